The minimum Gasteiger partial charge on any atom is -0.393 e. The number of carbonyl (C=O) groups excluding carboxylic acids is 5. The smallest absolute Gasteiger partial charge is 0.244 e. The van der Waals surface area contributed by atoms with Gasteiger partial charge < -0.3 is 36.6 Å². The third kappa shape index (κ3) is 12.3. The normalized spacial score (nSPS) is 23.3. The summed E-state index contributed by atoms with van der Waals surface area (Å²) in [5.41, 5.74) is -0.619. The van der Waals surface area contributed by atoms with Gasteiger partial charge >= 0.3 is 0 Å². The van der Waals surface area contributed by atoms with E-state index in [0.717, 1.165) is 12.0 Å². The first-order valence-corrected chi connectivity index (χ1v) is 22.0. The van der Waals surface area contributed by atoms with E-state index in [4.69, 9.17) is 4.99 Å². The van der Waals surface area contributed by atoms with Crippen molar-refractivity contribution < 1.29 is 29.1 Å². The fraction of sp³-hybridized carbons (Fsp3) is 0.659. The zero-order valence-corrected chi connectivity index (χ0v) is 37.6. The largest absolute Gasteiger partial charge is 0.393 e. The van der Waals surface area contributed by atoms with Gasteiger partial charge in [0.25, 0.3) is 0 Å². The fourth-order valence-electron chi connectivity index (χ4n) is 7.83. The van der Waals surface area contributed by atoms with Gasteiger partial charge in [0, 0.05) is 30.5 Å². The van der Waals surface area contributed by atoms with Crippen molar-refractivity contribution in [3.8, 4) is 0 Å². The maximum atomic E-state index is 14.8. The molecule has 4 unspecified atom stereocenters. The highest BCUT2D eigenvalue weighted by molar-refractivity contribution is 7.09. The van der Waals surface area contributed by atoms with Crippen LogP contribution >= 0.6 is 11.3 Å². The molecule has 59 heavy (non-hydrogen) atoms. The van der Waals surface area contributed by atoms with Crippen molar-refractivity contribution in [1.29, 1.82) is 0 Å². The molecular weight excluding hydrogens is 769 g/mol. The van der Waals surface area contributed by atoms with Crippen LogP contribution in [0.3, 0.4) is 0 Å². The van der Waals surface area contributed by atoms with Gasteiger partial charge in [0.15, 0.2) is 0 Å². The molecule has 0 saturated carbocycles. The molecule has 9 atom stereocenters. The summed E-state index contributed by atoms with van der Waals surface area (Å²) < 4.78 is 0. The van der Waals surface area contributed by atoms with Crippen LogP contribution in [0.2, 0.25) is 0 Å². The molecule has 2 aromatic rings. The molecule has 6 N–H and O–H groups in total. The van der Waals surface area contributed by atoms with E-state index in [2.05, 4.69) is 31.6 Å². The Morgan fingerprint density at radius 3 is 2.24 bits per heavy atom. The Bertz CT molecular complexity index is 1770. The molecule has 15 heteroatoms. The zero-order chi connectivity index (χ0) is 43.8. The van der Waals surface area contributed by atoms with Crippen LogP contribution in [0.5, 0.6) is 0 Å². The van der Waals surface area contributed by atoms with E-state index in [0.29, 0.717) is 24.4 Å². The topological polar surface area (TPSA) is 194 Å². The number of rotatable bonds is 13. The van der Waals surface area contributed by atoms with E-state index in [9.17, 15) is 29.1 Å². The van der Waals surface area contributed by atoms with Crippen molar-refractivity contribution in [1.82, 2.24) is 36.5 Å². The van der Waals surface area contributed by atoms with Crippen molar-refractivity contribution in [2.24, 2.45) is 27.7 Å². The number of fused-ring (bicyclic) bond motifs is 1. The van der Waals surface area contributed by atoms with Gasteiger partial charge in [-0.05, 0) is 41.1 Å². The van der Waals surface area contributed by atoms with Crippen molar-refractivity contribution >= 4 is 46.7 Å². The van der Waals surface area contributed by atoms with Crippen LogP contribution in [0.4, 0.5) is 0 Å². The number of aliphatic imine (C=N–C) groups is 1. The molecule has 2 aliphatic heterocycles. The molecule has 326 valence electrons. The number of nitrogens with zero attached hydrogens (tertiary/aromatic N) is 3. The van der Waals surface area contributed by atoms with Gasteiger partial charge in [0.1, 0.15) is 41.6 Å². The van der Waals surface area contributed by atoms with Gasteiger partial charge in [-0.3, -0.25) is 29.0 Å². The molecule has 3 heterocycles. The Morgan fingerprint density at radius 2 is 1.66 bits per heavy atom. The molecule has 2 aliphatic rings. The van der Waals surface area contributed by atoms with E-state index >= 15 is 0 Å². The summed E-state index contributed by atoms with van der Waals surface area (Å²) in [5.74, 6) is -2.66. The highest BCUT2D eigenvalue weighted by Gasteiger charge is 2.44. The third-order valence-corrected chi connectivity index (χ3v) is 12.3. The van der Waals surface area contributed by atoms with Gasteiger partial charge in [0.2, 0.25) is 29.5 Å². The van der Waals surface area contributed by atoms with Crippen LogP contribution in [0, 0.1) is 22.7 Å². The summed E-state index contributed by atoms with van der Waals surface area (Å²) in [6.45, 7) is 21.0. The van der Waals surface area contributed by atoms with Gasteiger partial charge in [0.05, 0.1) is 18.2 Å². The number of nitrogens with one attached hydrogen (secondary N) is 5. The number of aromatic nitrogens is 1. The lowest BCUT2D eigenvalue weighted by molar-refractivity contribution is -0.140. The molecule has 1 aromatic heterocycles. The summed E-state index contributed by atoms with van der Waals surface area (Å²) in [6, 6.07) is 4.37. The monoisotopic (exact) mass is 836 g/mol. The fourth-order valence-corrected chi connectivity index (χ4v) is 8.53. The van der Waals surface area contributed by atoms with Gasteiger partial charge in [-0.15, -0.1) is 11.3 Å². The lowest BCUT2D eigenvalue weighted by Gasteiger charge is -2.39. The molecular formula is C44H68N8O6S. The number of hydrogen-bond acceptors (Lipinski definition) is 10. The standard InChI is InChI=1S/C44H68N8O6S/c1-12-16-29(53)23-30(42-45-20-22-59-42)47-39(56)33(27(5)28-17-14-13-15-18-28)49-41(58)36(44(9,10)11)50-37-35(43(6,7)8)51-38(55)32(25(2)3)48-40(57)34-26(4)19-21-52(34)31(54)24-46-37/h13-15,17-18,20,22,25-27,29-30,32-36,53H,12,16,19,21,23-24H2,1-11H3,(H,46,50)(H,47,56)(H,48,57)(H,49,58)(H,51,55)/t26-,27+,29?,30-,32+,33?,34+,35?,36?/m1/s1. The van der Waals surface area contributed by atoms with E-state index < -0.39 is 76.8 Å². The van der Waals surface area contributed by atoms with Gasteiger partial charge in [-0.1, -0.05) is 113 Å². The molecule has 0 spiro atoms. The molecule has 1 aromatic carbocycles. The molecule has 5 amide bonds. The maximum absolute atomic E-state index is 14.8. The summed E-state index contributed by atoms with van der Waals surface area (Å²) in [5, 5.41) is 28.9. The van der Waals surface area contributed by atoms with Crippen LogP contribution in [0.1, 0.15) is 124 Å². The number of aliphatic hydroxyl groups excluding tert-OH is 1. The quantitative estimate of drug-likeness (QED) is 0.170. The highest BCUT2D eigenvalue weighted by atomic mass is 32.1. The van der Waals surface area contributed by atoms with Crippen LogP contribution in [-0.2, 0) is 24.0 Å². The van der Waals surface area contributed by atoms with E-state index in [1.165, 1.54) is 11.3 Å². The summed E-state index contributed by atoms with van der Waals surface area (Å²) in [7, 11) is 0. The van der Waals surface area contributed by atoms with Crippen LogP contribution in [-0.4, -0.2) is 99.8 Å². The molecule has 0 aliphatic carbocycles. The van der Waals surface area contributed by atoms with Crippen molar-refractivity contribution in [3.05, 3.63) is 52.5 Å². The number of amidine groups is 1. The first kappa shape index (κ1) is 47.3. The number of carbonyl (C=O) groups is 5. The first-order valence-electron chi connectivity index (χ1n) is 21.1. The molecule has 0 bridgehead atoms. The van der Waals surface area contributed by atoms with Crippen LogP contribution in [0.15, 0.2) is 46.9 Å². The van der Waals surface area contributed by atoms with Gasteiger partial charge in [-0.2, -0.15) is 0 Å². The molecule has 1 saturated heterocycles. The van der Waals surface area contributed by atoms with Crippen molar-refractivity contribution in [3.63, 3.8) is 0 Å². The second-order valence-corrected chi connectivity index (χ2v) is 19.7. The summed E-state index contributed by atoms with van der Waals surface area (Å²) >= 11 is 1.38. The Kier molecular flexibility index (Phi) is 16.2. The zero-order valence-electron chi connectivity index (χ0n) is 36.8. The number of benzene rings is 1. The predicted molar refractivity (Wildman–Crippen MR) is 231 cm³/mol. The van der Waals surface area contributed by atoms with Gasteiger partial charge in [-0.25, -0.2) is 4.98 Å². The Labute approximate surface area is 354 Å². The summed E-state index contributed by atoms with van der Waals surface area (Å²) in [4.78, 5) is 81.9. The molecule has 1 fully saturated rings. The SMILES string of the molecule is CCCC(O)C[C@@H](NC(=O)C(NC(=O)C(NC1=NCC(=O)N2CC[C@@H](C)[C@H]2C(=O)N[C@@H](C(C)C)C(=O)NC1C(C)(C)C)C(C)(C)C)[C@@H](C)c1ccccc1)c1nccs1. The van der Waals surface area contributed by atoms with Crippen molar-refractivity contribution in [2.45, 2.75) is 150 Å². The Morgan fingerprint density at radius 1 is 0.983 bits per heavy atom. The first-order chi connectivity index (χ1) is 27.6. The molecule has 4 rings (SSSR count). The number of thiazole rings is 1. The number of aliphatic hydroxyl groups is 1. The van der Waals surface area contributed by atoms with E-state index in [1.807, 2.05) is 112 Å². The maximum Gasteiger partial charge on any atom is 0.244 e. The van der Waals surface area contributed by atoms with Crippen LogP contribution in [0.25, 0.3) is 0 Å². The number of hydrogen-bond donors (Lipinski definition) is 6. The van der Waals surface area contributed by atoms with E-state index in [-0.39, 0.29) is 42.5 Å². The van der Waals surface area contributed by atoms with Crippen LogP contribution < -0.4 is 26.6 Å². The summed E-state index contributed by atoms with van der Waals surface area (Å²) in [6.07, 6.45) is 3.23. The second kappa shape index (κ2) is 20.3. The second-order valence-electron chi connectivity index (χ2n) is 18.8. The highest BCUT2D eigenvalue weighted by Crippen LogP contribution is 2.29. The molecule has 0 radical (unpaired) electrons. The Hall–Kier alpha value is -4.37. The lowest BCUT2D eigenvalue weighted by atomic mass is 9.82. The predicted octanol–water partition coefficient (Wildman–Crippen LogP) is 4.47. The average molecular weight is 837 g/mol. The minimum atomic E-state index is -1.05. The Balaban J connectivity index is 1.75. The molecule has 14 nitrogen and oxygen atoms in total. The third-order valence-electron chi connectivity index (χ3n) is 11.4. The lowest BCUT2D eigenvalue weighted by Crippen LogP contribution is -2.65. The average Bonchev–Trinajstić information content (AvgIpc) is 3.84. The minimum absolute atomic E-state index is 0.114. The number of amides is 5. The van der Waals surface area contributed by atoms with Crippen molar-refractivity contribution in [2.75, 3.05) is 13.1 Å². The van der Waals surface area contributed by atoms with E-state index in [1.54, 1.807) is 11.1 Å².